The van der Waals surface area contributed by atoms with Crippen LogP contribution in [-0.2, 0) is 11.2 Å². The number of allylic oxidation sites excluding steroid dienone is 1. The fourth-order valence-electron chi connectivity index (χ4n) is 4.53. The lowest BCUT2D eigenvalue weighted by molar-refractivity contribution is -0.104. The van der Waals surface area contributed by atoms with Crippen molar-refractivity contribution in [2.75, 3.05) is 6.61 Å². The Kier molecular flexibility index (Phi) is 7.17. The molecule has 6 bridgehead atoms. The molecular formula is C30H30N2O2. The first-order valence-corrected chi connectivity index (χ1v) is 11.6. The Labute approximate surface area is 201 Å². The maximum Gasteiger partial charge on any atom is 0.143 e. The standard InChI is InChI=1S/C30H30N2O2/c1-5-31-32-22(4)30-25-11-9-20(2)28(18-25)27(13-15-33)24-8-6-7-23(17-24)14-16-34-29-19-26(30)12-10-21(29)3/h5-13,15,17-19,30H,14,16H2,1-4H3/b27-13-,31-5-,32-22+. The lowest BCUT2D eigenvalue weighted by Crippen LogP contribution is -2.13. The zero-order chi connectivity index (χ0) is 24.1. The predicted molar refractivity (Wildman–Crippen MR) is 140 cm³/mol. The highest BCUT2D eigenvalue weighted by Crippen LogP contribution is 2.35. The van der Waals surface area contributed by atoms with E-state index >= 15 is 0 Å². The minimum Gasteiger partial charge on any atom is -0.493 e. The summed E-state index contributed by atoms with van der Waals surface area (Å²) in [5.74, 6) is 0.786. The largest absolute Gasteiger partial charge is 0.493 e. The number of benzene rings is 3. The third-order valence-corrected chi connectivity index (χ3v) is 6.30. The van der Waals surface area contributed by atoms with Gasteiger partial charge in [0, 0.05) is 24.3 Å². The third-order valence-electron chi connectivity index (χ3n) is 6.30. The van der Waals surface area contributed by atoms with Gasteiger partial charge >= 0.3 is 0 Å². The van der Waals surface area contributed by atoms with Gasteiger partial charge in [-0.2, -0.15) is 10.2 Å². The SMILES string of the molecule is C/C=N\N=C(/C)C1c2ccc(C)c(c2)OCCc2cccc(c2)/C(=C/C=O)c2cc1ccc2C. The van der Waals surface area contributed by atoms with Gasteiger partial charge in [0.1, 0.15) is 12.0 Å². The Morgan fingerprint density at radius 3 is 2.53 bits per heavy atom. The van der Waals surface area contributed by atoms with Crippen molar-refractivity contribution in [3.8, 4) is 5.75 Å². The second kappa shape index (κ2) is 10.4. The van der Waals surface area contributed by atoms with Gasteiger partial charge in [-0.25, -0.2) is 0 Å². The third kappa shape index (κ3) is 4.91. The van der Waals surface area contributed by atoms with Crippen molar-refractivity contribution < 1.29 is 9.53 Å². The molecular weight excluding hydrogens is 420 g/mol. The van der Waals surface area contributed by atoms with Gasteiger partial charge in [-0.05, 0) is 90.4 Å². The van der Waals surface area contributed by atoms with Crippen molar-refractivity contribution in [2.45, 2.75) is 40.0 Å². The highest BCUT2D eigenvalue weighted by Gasteiger charge is 2.22. The van der Waals surface area contributed by atoms with Gasteiger partial charge in [0.15, 0.2) is 0 Å². The average molecular weight is 451 g/mol. The van der Waals surface area contributed by atoms with Gasteiger partial charge in [0.25, 0.3) is 0 Å². The molecule has 34 heavy (non-hydrogen) atoms. The predicted octanol–water partition coefficient (Wildman–Crippen LogP) is 6.47. The summed E-state index contributed by atoms with van der Waals surface area (Å²) in [5.41, 5.74) is 9.44. The first-order valence-electron chi connectivity index (χ1n) is 11.6. The first kappa shape index (κ1) is 23.4. The van der Waals surface area contributed by atoms with Crippen LogP contribution in [0.3, 0.4) is 0 Å². The number of hydrogen-bond acceptors (Lipinski definition) is 4. The highest BCUT2D eigenvalue weighted by molar-refractivity contribution is 5.94. The van der Waals surface area contributed by atoms with E-state index in [1.54, 1.807) is 12.3 Å². The number of fused-ring (bicyclic) bond motifs is 6. The summed E-state index contributed by atoms with van der Waals surface area (Å²) >= 11 is 0. The monoisotopic (exact) mass is 450 g/mol. The van der Waals surface area contributed by atoms with Crippen molar-refractivity contribution in [3.63, 3.8) is 0 Å². The van der Waals surface area contributed by atoms with E-state index in [0.29, 0.717) is 6.61 Å². The molecule has 1 unspecified atom stereocenters. The Morgan fingerprint density at radius 2 is 1.76 bits per heavy atom. The highest BCUT2D eigenvalue weighted by atomic mass is 16.5. The zero-order valence-electron chi connectivity index (χ0n) is 20.2. The van der Waals surface area contributed by atoms with Gasteiger partial charge in [-0.15, -0.1) is 0 Å². The molecule has 0 aromatic heterocycles. The number of hydrogen-bond donors (Lipinski definition) is 0. The lowest BCUT2D eigenvalue weighted by Gasteiger charge is -2.22. The molecule has 4 rings (SSSR count). The number of aryl methyl sites for hydroxylation is 2. The Balaban J connectivity index is 2.00. The van der Waals surface area contributed by atoms with Crippen molar-refractivity contribution >= 4 is 23.8 Å². The van der Waals surface area contributed by atoms with Crippen molar-refractivity contribution in [2.24, 2.45) is 10.2 Å². The molecule has 0 saturated heterocycles. The molecule has 0 fully saturated rings. The number of ether oxygens (including phenoxy) is 1. The van der Waals surface area contributed by atoms with Gasteiger partial charge in [-0.3, -0.25) is 4.79 Å². The molecule has 3 aromatic rings. The fraction of sp³-hybridized carbons (Fsp3) is 0.233. The van der Waals surface area contributed by atoms with E-state index in [9.17, 15) is 4.79 Å². The molecule has 1 aliphatic rings. The summed E-state index contributed by atoms with van der Waals surface area (Å²) in [6.45, 7) is 8.59. The molecule has 1 aliphatic heterocycles. The Hall–Kier alpha value is -3.79. The molecule has 1 atom stereocenters. The Bertz CT molecular complexity index is 1300. The second-order valence-corrected chi connectivity index (χ2v) is 8.66. The van der Waals surface area contributed by atoms with Crippen molar-refractivity contribution in [1.29, 1.82) is 0 Å². The van der Waals surface area contributed by atoms with E-state index in [-0.39, 0.29) is 5.92 Å². The van der Waals surface area contributed by atoms with Crippen LogP contribution in [0.5, 0.6) is 5.75 Å². The first-order chi connectivity index (χ1) is 16.5. The topological polar surface area (TPSA) is 51.0 Å². The summed E-state index contributed by atoms with van der Waals surface area (Å²) in [7, 11) is 0. The van der Waals surface area contributed by atoms with Crippen molar-refractivity contribution in [3.05, 3.63) is 106 Å². The second-order valence-electron chi connectivity index (χ2n) is 8.66. The summed E-state index contributed by atoms with van der Waals surface area (Å²) in [6.07, 6.45) is 5.00. The minimum atomic E-state index is -0.0993. The molecule has 0 N–H and O–H groups in total. The van der Waals surface area contributed by atoms with E-state index in [0.717, 1.165) is 63.1 Å². The van der Waals surface area contributed by atoms with Crippen LogP contribution in [0.15, 0.2) is 76.9 Å². The van der Waals surface area contributed by atoms with E-state index in [1.807, 2.05) is 19.9 Å². The summed E-state index contributed by atoms with van der Waals surface area (Å²) in [5, 5.41) is 8.62. The minimum absolute atomic E-state index is 0.0993. The van der Waals surface area contributed by atoms with Gasteiger partial charge in [0.05, 0.1) is 6.61 Å². The van der Waals surface area contributed by atoms with E-state index in [1.165, 1.54) is 5.56 Å². The molecule has 1 heterocycles. The maximum atomic E-state index is 11.7. The number of carbonyl (C=O) groups is 1. The molecule has 0 amide bonds. The number of nitrogens with zero attached hydrogens (tertiary/aromatic N) is 2. The lowest BCUT2D eigenvalue weighted by atomic mass is 9.83. The smallest absolute Gasteiger partial charge is 0.143 e. The molecule has 3 aromatic carbocycles. The van der Waals surface area contributed by atoms with Crippen LogP contribution >= 0.6 is 0 Å². The summed E-state index contributed by atoms with van der Waals surface area (Å²) in [6, 6.07) is 21.2. The maximum absolute atomic E-state index is 11.7. The van der Waals surface area contributed by atoms with Crippen LogP contribution in [0, 0.1) is 13.8 Å². The van der Waals surface area contributed by atoms with Crippen LogP contribution in [0.2, 0.25) is 0 Å². The Morgan fingerprint density at radius 1 is 1.00 bits per heavy atom. The zero-order valence-corrected chi connectivity index (χ0v) is 20.2. The number of rotatable bonds is 3. The fourth-order valence-corrected chi connectivity index (χ4v) is 4.53. The van der Waals surface area contributed by atoms with Gasteiger partial charge in [-0.1, -0.05) is 48.5 Å². The molecule has 4 heteroatoms. The molecule has 0 aliphatic carbocycles. The van der Waals surface area contributed by atoms with Crippen LogP contribution in [0.1, 0.15) is 58.7 Å². The van der Waals surface area contributed by atoms with Crippen LogP contribution in [0.4, 0.5) is 0 Å². The van der Waals surface area contributed by atoms with E-state index < -0.39 is 0 Å². The average Bonchev–Trinajstić information content (AvgIpc) is 2.84. The van der Waals surface area contributed by atoms with Gasteiger partial charge < -0.3 is 4.74 Å². The molecule has 4 nitrogen and oxygen atoms in total. The van der Waals surface area contributed by atoms with E-state index in [4.69, 9.17) is 4.74 Å². The molecule has 0 radical (unpaired) electrons. The van der Waals surface area contributed by atoms with Crippen molar-refractivity contribution in [1.82, 2.24) is 0 Å². The van der Waals surface area contributed by atoms with E-state index in [2.05, 4.69) is 78.6 Å². The quantitative estimate of drug-likeness (QED) is 0.199. The van der Waals surface area contributed by atoms with Crippen LogP contribution in [-0.4, -0.2) is 24.8 Å². The van der Waals surface area contributed by atoms with Gasteiger partial charge in [0.2, 0.25) is 0 Å². The van der Waals surface area contributed by atoms with Crippen LogP contribution in [0.25, 0.3) is 5.57 Å². The number of aldehydes is 1. The molecule has 0 saturated carbocycles. The normalized spacial score (nSPS) is 17.4. The van der Waals surface area contributed by atoms with Crippen LogP contribution < -0.4 is 4.74 Å². The molecule has 0 spiro atoms. The summed E-state index contributed by atoms with van der Waals surface area (Å²) in [4.78, 5) is 11.7. The summed E-state index contributed by atoms with van der Waals surface area (Å²) < 4.78 is 6.24. The number of carbonyl (C=O) groups excluding carboxylic acids is 1. The molecule has 172 valence electrons.